The largest absolute Gasteiger partial charge is 0.394 e. The molecule has 5 N–H and O–H groups in total. The summed E-state index contributed by atoms with van der Waals surface area (Å²) in [5.74, 6) is 0. The van der Waals surface area contributed by atoms with E-state index in [0.29, 0.717) is 12.8 Å². The quantitative estimate of drug-likeness (QED) is 0.183. The minimum Gasteiger partial charge on any atom is -0.394 e. The van der Waals surface area contributed by atoms with Gasteiger partial charge in [0.1, 0.15) is 6.10 Å². The van der Waals surface area contributed by atoms with Gasteiger partial charge in [-0.05, 0) is 49.3 Å². The zero-order valence-corrected chi connectivity index (χ0v) is 20.4. The number of nitrogens with one attached hydrogen (secondary N) is 1. The van der Waals surface area contributed by atoms with E-state index < -0.39 is 48.7 Å². The number of aromatic amines is 1. The molecule has 1 unspecified atom stereocenters. The fourth-order valence-corrected chi connectivity index (χ4v) is 4.17. The Hall–Kier alpha value is -0.600. The number of aliphatic hydroxyl groups excluding tert-OH is 2. The Labute approximate surface area is 187 Å². The number of H-pyrrole nitrogens is 1. The summed E-state index contributed by atoms with van der Waals surface area (Å²) >= 11 is 1.71. The Morgan fingerprint density at radius 3 is 2.33 bits per heavy atom. The second-order valence-electron chi connectivity index (χ2n) is 7.40. The highest BCUT2D eigenvalue weighted by Gasteiger charge is 2.45. The van der Waals surface area contributed by atoms with Crippen molar-refractivity contribution < 1.29 is 34.0 Å². The topological polar surface area (TPSA) is 171 Å². The van der Waals surface area contributed by atoms with Crippen LogP contribution in [0, 0.1) is 3.57 Å². The van der Waals surface area contributed by atoms with E-state index in [4.69, 9.17) is 9.26 Å². The van der Waals surface area contributed by atoms with Crippen LogP contribution in [0.1, 0.15) is 53.2 Å². The van der Waals surface area contributed by atoms with Gasteiger partial charge in [-0.3, -0.25) is 23.4 Å². The molecular formula is C17H30IN2O9P. The number of aromatic nitrogens is 2. The SMILES string of the molecule is CCC(CC)(CCO[C@H]([C@H](O)CO)n1cc(I)c(=O)[nH]c1=O)OP(=O)(O)C(C)(C)O. The van der Waals surface area contributed by atoms with Gasteiger partial charge in [0, 0.05) is 12.6 Å². The highest BCUT2D eigenvalue weighted by atomic mass is 127. The molecule has 13 heteroatoms. The number of hydrogen-bond acceptors (Lipinski definition) is 8. The van der Waals surface area contributed by atoms with Gasteiger partial charge in [-0.2, -0.15) is 0 Å². The molecule has 0 spiro atoms. The first-order valence-electron chi connectivity index (χ1n) is 9.41. The number of hydrogen-bond donors (Lipinski definition) is 5. The average molecular weight is 564 g/mol. The van der Waals surface area contributed by atoms with Crippen molar-refractivity contribution in [1.82, 2.24) is 9.55 Å². The fraction of sp³-hybridized carbons (Fsp3) is 0.765. The van der Waals surface area contributed by atoms with Crippen LogP contribution in [0.4, 0.5) is 0 Å². The lowest BCUT2D eigenvalue weighted by molar-refractivity contribution is -0.112. The van der Waals surface area contributed by atoms with Crippen LogP contribution in [0.25, 0.3) is 0 Å². The van der Waals surface area contributed by atoms with Crippen LogP contribution in [-0.2, 0) is 13.8 Å². The van der Waals surface area contributed by atoms with Crippen LogP contribution < -0.4 is 11.2 Å². The molecule has 1 rings (SSSR count). The monoisotopic (exact) mass is 564 g/mol. The van der Waals surface area contributed by atoms with E-state index in [1.165, 1.54) is 20.0 Å². The number of aliphatic hydroxyl groups is 3. The van der Waals surface area contributed by atoms with Gasteiger partial charge in [-0.1, -0.05) is 13.8 Å². The maximum atomic E-state index is 12.4. The smallest absolute Gasteiger partial charge is 0.359 e. The molecular weight excluding hydrogens is 534 g/mol. The van der Waals surface area contributed by atoms with Crippen molar-refractivity contribution in [1.29, 1.82) is 0 Å². The molecule has 174 valence electrons. The first-order chi connectivity index (χ1) is 13.7. The summed E-state index contributed by atoms with van der Waals surface area (Å²) < 4.78 is 24.7. The molecule has 0 saturated carbocycles. The first kappa shape index (κ1) is 27.4. The zero-order valence-electron chi connectivity index (χ0n) is 17.4. The molecule has 11 nitrogen and oxygen atoms in total. The second kappa shape index (κ2) is 10.8. The molecule has 3 atom stereocenters. The van der Waals surface area contributed by atoms with Crippen LogP contribution >= 0.6 is 30.2 Å². The number of rotatable bonds is 12. The van der Waals surface area contributed by atoms with Crippen molar-refractivity contribution in [3.05, 3.63) is 30.6 Å². The molecule has 0 saturated heterocycles. The highest BCUT2D eigenvalue weighted by molar-refractivity contribution is 14.1. The van der Waals surface area contributed by atoms with Crippen molar-refractivity contribution in [2.45, 2.75) is 70.2 Å². The molecule has 0 fully saturated rings. The molecule has 0 aliphatic rings. The molecule has 0 amide bonds. The van der Waals surface area contributed by atoms with Crippen LogP contribution in [0.2, 0.25) is 0 Å². The highest BCUT2D eigenvalue weighted by Crippen LogP contribution is 2.57. The predicted molar refractivity (Wildman–Crippen MR) is 117 cm³/mol. The summed E-state index contributed by atoms with van der Waals surface area (Å²) in [6, 6.07) is 0. The standard InChI is InChI=1S/C17H30IN2O9P/c1-5-17(6-2,29-30(26,27)16(3,4)25)7-8-28-14(12(22)10-21)20-9-11(18)13(23)19-15(20)24/h9,12,14,21-22,25H,5-8,10H2,1-4H3,(H,26,27)(H,19,23,24)/t12-,14-/m1/s1. The molecule has 1 aromatic heterocycles. The average Bonchev–Trinajstić information content (AvgIpc) is 2.66. The molecule has 30 heavy (non-hydrogen) atoms. The molecule has 1 aromatic rings. The van der Waals surface area contributed by atoms with Gasteiger partial charge < -0.3 is 24.9 Å². The normalized spacial score (nSPS) is 16.8. The van der Waals surface area contributed by atoms with Crippen LogP contribution in [0.15, 0.2) is 15.8 Å². The van der Waals surface area contributed by atoms with Crippen LogP contribution in [0.5, 0.6) is 0 Å². The third kappa shape index (κ3) is 6.70. The van der Waals surface area contributed by atoms with Crippen LogP contribution in [-0.4, -0.2) is 60.0 Å². The zero-order chi connectivity index (χ0) is 23.3. The van der Waals surface area contributed by atoms with Crippen LogP contribution in [0.3, 0.4) is 0 Å². The molecule has 0 aliphatic carbocycles. The molecule has 0 aliphatic heterocycles. The van der Waals surface area contributed by atoms with Gasteiger partial charge in [0.05, 0.1) is 22.4 Å². The summed E-state index contributed by atoms with van der Waals surface area (Å²) in [5, 5.41) is 27.4. The van der Waals surface area contributed by atoms with Crippen molar-refractivity contribution in [2.24, 2.45) is 0 Å². The van der Waals surface area contributed by atoms with E-state index in [1.54, 1.807) is 36.4 Å². The number of halogens is 1. The van der Waals surface area contributed by atoms with E-state index in [1.807, 2.05) is 0 Å². The van der Waals surface area contributed by atoms with E-state index in [2.05, 4.69) is 4.98 Å². The Bertz CT molecular complexity index is 860. The van der Waals surface area contributed by atoms with E-state index in [9.17, 15) is 34.4 Å². The van der Waals surface area contributed by atoms with Gasteiger partial charge in [-0.15, -0.1) is 0 Å². The maximum Gasteiger partial charge on any atom is 0.359 e. The van der Waals surface area contributed by atoms with Crippen molar-refractivity contribution in [3.8, 4) is 0 Å². The third-order valence-corrected chi connectivity index (χ3v) is 7.64. The fourth-order valence-electron chi connectivity index (χ4n) is 2.63. The Kier molecular flexibility index (Phi) is 9.89. The summed E-state index contributed by atoms with van der Waals surface area (Å²) in [5.41, 5.74) is -2.53. The second-order valence-corrected chi connectivity index (χ2v) is 10.9. The maximum absolute atomic E-state index is 12.4. The predicted octanol–water partition coefficient (Wildman–Crippen LogP) is 0.889. The Morgan fingerprint density at radius 2 is 1.87 bits per heavy atom. The molecule has 0 aromatic carbocycles. The Morgan fingerprint density at radius 1 is 1.30 bits per heavy atom. The van der Waals surface area contributed by atoms with Gasteiger partial charge in [0.2, 0.25) is 0 Å². The molecule has 0 bridgehead atoms. The van der Waals surface area contributed by atoms with Crippen molar-refractivity contribution in [2.75, 3.05) is 13.2 Å². The molecule has 0 radical (unpaired) electrons. The first-order valence-corrected chi connectivity index (χ1v) is 12.1. The van der Waals surface area contributed by atoms with Crippen molar-refractivity contribution >= 4 is 30.2 Å². The summed E-state index contributed by atoms with van der Waals surface area (Å²) in [7, 11) is -4.38. The van der Waals surface area contributed by atoms with Gasteiger partial charge in [0.15, 0.2) is 11.6 Å². The lowest BCUT2D eigenvalue weighted by Crippen LogP contribution is -2.41. The van der Waals surface area contributed by atoms with Gasteiger partial charge in [0.25, 0.3) is 5.56 Å². The number of ether oxygens (including phenoxy) is 1. The lowest BCUT2D eigenvalue weighted by Gasteiger charge is -2.37. The number of nitrogens with zero attached hydrogens (tertiary/aromatic N) is 1. The van der Waals surface area contributed by atoms with E-state index >= 15 is 0 Å². The molecule has 1 heterocycles. The minimum absolute atomic E-state index is 0.102. The lowest BCUT2D eigenvalue weighted by atomic mass is 9.94. The summed E-state index contributed by atoms with van der Waals surface area (Å²) in [4.78, 5) is 35.9. The summed E-state index contributed by atoms with van der Waals surface area (Å²) in [6.07, 6.45) is -0.818. The third-order valence-electron chi connectivity index (χ3n) is 4.86. The minimum atomic E-state index is -4.38. The van der Waals surface area contributed by atoms with Crippen molar-refractivity contribution in [3.63, 3.8) is 0 Å². The van der Waals surface area contributed by atoms with E-state index in [-0.39, 0.29) is 16.6 Å². The van der Waals surface area contributed by atoms with E-state index in [0.717, 1.165) is 4.57 Å². The Balaban J connectivity index is 3.08. The van der Waals surface area contributed by atoms with Gasteiger partial charge >= 0.3 is 13.3 Å². The summed E-state index contributed by atoms with van der Waals surface area (Å²) in [6.45, 7) is 5.04. The van der Waals surface area contributed by atoms with Gasteiger partial charge in [-0.25, -0.2) is 4.79 Å².